The molecule has 22 heavy (non-hydrogen) atoms. The molecular weight excluding hydrogens is 326 g/mol. The Bertz CT molecular complexity index is 714. The van der Waals surface area contributed by atoms with Crippen molar-refractivity contribution in [3.8, 4) is 0 Å². The van der Waals surface area contributed by atoms with Crippen LogP contribution in [0.1, 0.15) is 20.3 Å². The lowest BCUT2D eigenvalue weighted by molar-refractivity contribution is 0.598. The van der Waals surface area contributed by atoms with Gasteiger partial charge in [-0.1, -0.05) is 0 Å². The van der Waals surface area contributed by atoms with E-state index >= 15 is 0 Å². The quantitative estimate of drug-likeness (QED) is 0.820. The number of sulfonamides is 1. The van der Waals surface area contributed by atoms with Gasteiger partial charge >= 0.3 is 0 Å². The number of hydrogen-bond acceptors (Lipinski definition) is 6. The molecule has 0 aliphatic carbocycles. The van der Waals surface area contributed by atoms with Crippen molar-refractivity contribution in [2.75, 3.05) is 33.4 Å². The number of nitrogens with zero attached hydrogens (tertiary/aromatic N) is 2. The van der Waals surface area contributed by atoms with Crippen LogP contribution in [0, 0.1) is 0 Å². The second kappa shape index (κ2) is 6.41. The normalized spacial score (nSPS) is 20.7. The highest BCUT2D eigenvalue weighted by Gasteiger charge is 2.32. The molecule has 1 fully saturated rings. The molecule has 124 valence electrons. The van der Waals surface area contributed by atoms with Crippen LogP contribution < -0.4 is 9.62 Å². The minimum Gasteiger partial charge on any atom is -0.353 e. The van der Waals surface area contributed by atoms with Gasteiger partial charge in [0.15, 0.2) is 9.84 Å². The summed E-state index contributed by atoms with van der Waals surface area (Å²) in [4.78, 5) is 6.21. The number of nitrogens with one attached hydrogen (secondary N) is 1. The first kappa shape index (κ1) is 17.0. The number of hydrogen-bond donors (Lipinski definition) is 1. The summed E-state index contributed by atoms with van der Waals surface area (Å²) in [6.45, 7) is 4.15. The van der Waals surface area contributed by atoms with Crippen LogP contribution in [-0.4, -0.2) is 51.7 Å². The average Bonchev–Trinajstić information content (AvgIpc) is 2.81. The number of rotatable bonds is 6. The third-order valence-electron chi connectivity index (χ3n) is 3.69. The molecule has 0 bridgehead atoms. The van der Waals surface area contributed by atoms with Gasteiger partial charge in [0.2, 0.25) is 10.0 Å². The van der Waals surface area contributed by atoms with Gasteiger partial charge in [-0.15, -0.1) is 0 Å². The first-order valence-electron chi connectivity index (χ1n) is 7.20. The molecule has 1 aromatic heterocycles. The Morgan fingerprint density at radius 1 is 1.36 bits per heavy atom. The fourth-order valence-electron chi connectivity index (χ4n) is 2.50. The van der Waals surface area contributed by atoms with E-state index < -0.39 is 19.9 Å². The molecule has 1 aliphatic heterocycles. The molecule has 1 atom stereocenters. The van der Waals surface area contributed by atoms with Crippen molar-refractivity contribution in [1.29, 1.82) is 0 Å². The molecule has 1 aromatic rings. The van der Waals surface area contributed by atoms with E-state index in [9.17, 15) is 16.8 Å². The summed E-state index contributed by atoms with van der Waals surface area (Å²) in [5.41, 5.74) is 0.403. The number of aromatic nitrogens is 1. The van der Waals surface area contributed by atoms with Gasteiger partial charge in [-0.25, -0.2) is 21.8 Å². The second-order valence-electron chi connectivity index (χ2n) is 5.25. The van der Waals surface area contributed by atoms with Crippen LogP contribution in [0.3, 0.4) is 0 Å². The van der Waals surface area contributed by atoms with E-state index in [1.165, 1.54) is 6.20 Å². The highest BCUT2D eigenvalue weighted by molar-refractivity contribution is 7.92. The molecule has 7 nitrogen and oxygen atoms in total. The molecule has 1 saturated heterocycles. The van der Waals surface area contributed by atoms with Gasteiger partial charge in [-0.2, -0.15) is 0 Å². The Morgan fingerprint density at radius 3 is 2.55 bits per heavy atom. The number of sulfone groups is 1. The predicted octanol–water partition coefficient (Wildman–Crippen LogP) is 0.857. The van der Waals surface area contributed by atoms with Gasteiger partial charge in [0.05, 0.1) is 29.1 Å². The zero-order valence-electron chi connectivity index (χ0n) is 12.7. The minimum absolute atomic E-state index is 0.00420. The highest BCUT2D eigenvalue weighted by Crippen LogP contribution is 2.23. The molecule has 1 N–H and O–H groups in total. The fraction of sp³-hybridized carbons (Fsp3) is 0.615. The summed E-state index contributed by atoms with van der Waals surface area (Å²) in [5.74, 6) is 1.01. The van der Waals surface area contributed by atoms with Crippen molar-refractivity contribution in [2.24, 2.45) is 0 Å². The van der Waals surface area contributed by atoms with Gasteiger partial charge in [-0.3, -0.25) is 4.72 Å². The van der Waals surface area contributed by atoms with E-state index in [0.29, 0.717) is 24.5 Å². The molecule has 9 heteroatoms. The molecule has 2 rings (SSSR count). The maximum Gasteiger partial charge on any atom is 0.232 e. The molecule has 0 saturated carbocycles. The Balaban J connectivity index is 2.14. The lowest BCUT2D eigenvalue weighted by Gasteiger charge is -2.28. The van der Waals surface area contributed by atoms with Crippen molar-refractivity contribution in [2.45, 2.75) is 26.3 Å². The zero-order chi connectivity index (χ0) is 16.4. The van der Waals surface area contributed by atoms with Crippen LogP contribution in [0.4, 0.5) is 11.5 Å². The monoisotopic (exact) mass is 347 g/mol. The van der Waals surface area contributed by atoms with Gasteiger partial charge in [0, 0.05) is 12.6 Å². The fourth-order valence-corrected chi connectivity index (χ4v) is 4.85. The highest BCUT2D eigenvalue weighted by atomic mass is 32.2. The van der Waals surface area contributed by atoms with E-state index in [0.717, 1.165) is 0 Å². The van der Waals surface area contributed by atoms with E-state index in [1.807, 2.05) is 11.8 Å². The molecule has 0 aromatic carbocycles. The van der Waals surface area contributed by atoms with Gasteiger partial charge in [0.25, 0.3) is 0 Å². The van der Waals surface area contributed by atoms with Gasteiger partial charge < -0.3 is 4.90 Å². The van der Waals surface area contributed by atoms with Crippen molar-refractivity contribution >= 4 is 31.4 Å². The molecule has 0 spiro atoms. The standard InChI is InChI=1S/C13H21N3O4S2/c1-3-16(12-7-8-21(17,18)10-12)13-6-5-11(9-14-13)15-22(19,20)4-2/h5-6,9,12,15H,3-4,7-8,10H2,1-2H3. The van der Waals surface area contributed by atoms with E-state index in [-0.39, 0.29) is 23.3 Å². The zero-order valence-corrected chi connectivity index (χ0v) is 14.3. The summed E-state index contributed by atoms with van der Waals surface area (Å²) in [7, 11) is -6.28. The van der Waals surface area contributed by atoms with Crippen molar-refractivity contribution in [1.82, 2.24) is 4.98 Å². The van der Waals surface area contributed by atoms with Crippen LogP contribution in [0.15, 0.2) is 18.3 Å². The van der Waals surface area contributed by atoms with Crippen molar-refractivity contribution in [3.05, 3.63) is 18.3 Å². The van der Waals surface area contributed by atoms with Crippen LogP contribution in [0.25, 0.3) is 0 Å². The van der Waals surface area contributed by atoms with Gasteiger partial charge in [-0.05, 0) is 32.4 Å². The smallest absolute Gasteiger partial charge is 0.232 e. The summed E-state index contributed by atoms with van der Waals surface area (Å²) in [6.07, 6.45) is 2.05. The van der Waals surface area contributed by atoms with Crippen LogP contribution in [-0.2, 0) is 19.9 Å². The second-order valence-corrected chi connectivity index (χ2v) is 9.49. The minimum atomic E-state index is -3.33. The number of anilines is 2. The lowest BCUT2D eigenvalue weighted by Crippen LogP contribution is -2.36. The Hall–Kier alpha value is -1.35. The maximum absolute atomic E-state index is 11.6. The van der Waals surface area contributed by atoms with Crippen LogP contribution in [0.2, 0.25) is 0 Å². The summed E-state index contributed by atoms with van der Waals surface area (Å²) in [5, 5.41) is 0. The Labute approximate surface area is 131 Å². The Kier molecular flexibility index (Phi) is 4.96. The van der Waals surface area contributed by atoms with Gasteiger partial charge in [0.1, 0.15) is 5.82 Å². The van der Waals surface area contributed by atoms with E-state index in [4.69, 9.17) is 0 Å². The lowest BCUT2D eigenvalue weighted by atomic mass is 10.2. The third-order valence-corrected chi connectivity index (χ3v) is 6.74. The molecule has 0 amide bonds. The average molecular weight is 347 g/mol. The first-order chi connectivity index (χ1) is 10.3. The molecular formula is C13H21N3O4S2. The summed E-state index contributed by atoms with van der Waals surface area (Å²) >= 11 is 0. The summed E-state index contributed by atoms with van der Waals surface area (Å²) < 4.78 is 48.7. The summed E-state index contributed by atoms with van der Waals surface area (Å²) in [6, 6.07) is 3.28. The first-order valence-corrected chi connectivity index (χ1v) is 10.7. The predicted molar refractivity (Wildman–Crippen MR) is 87.4 cm³/mol. The topological polar surface area (TPSA) is 96.4 Å². The van der Waals surface area contributed by atoms with E-state index in [1.54, 1.807) is 19.1 Å². The van der Waals surface area contributed by atoms with Crippen molar-refractivity contribution < 1.29 is 16.8 Å². The Morgan fingerprint density at radius 2 is 2.09 bits per heavy atom. The van der Waals surface area contributed by atoms with Crippen LogP contribution >= 0.6 is 0 Å². The molecule has 1 unspecified atom stereocenters. The number of pyridine rings is 1. The maximum atomic E-state index is 11.6. The molecule has 0 radical (unpaired) electrons. The SMILES string of the molecule is CCN(c1ccc(NS(=O)(=O)CC)cn1)C1CCS(=O)(=O)C1. The molecule has 1 aliphatic rings. The molecule has 2 heterocycles. The largest absolute Gasteiger partial charge is 0.353 e. The van der Waals surface area contributed by atoms with Crippen molar-refractivity contribution in [3.63, 3.8) is 0 Å². The third kappa shape index (κ3) is 4.10. The van der Waals surface area contributed by atoms with E-state index in [2.05, 4.69) is 9.71 Å². The van der Waals surface area contributed by atoms with Crippen LogP contribution in [0.5, 0.6) is 0 Å².